The molecule has 0 aromatic carbocycles. The third-order valence-electron chi connectivity index (χ3n) is 1.69. The van der Waals surface area contributed by atoms with Crippen LogP contribution in [0.5, 0.6) is 0 Å². The fraction of sp³-hybridized carbons (Fsp3) is 0.500. The molecule has 0 atom stereocenters. The Hall–Kier alpha value is -1.23. The van der Waals surface area contributed by atoms with Crippen molar-refractivity contribution in [2.45, 2.75) is 26.2 Å². The summed E-state index contributed by atoms with van der Waals surface area (Å²) in [5.74, 6) is 2.64. The Morgan fingerprint density at radius 2 is 2.08 bits per heavy atom. The van der Waals surface area contributed by atoms with Crippen molar-refractivity contribution in [2.75, 3.05) is 0 Å². The molecule has 0 saturated carbocycles. The topological polar surface area (TPSA) is 17.8 Å². The monoisotopic (exact) mass is 162 g/mol. The summed E-state index contributed by atoms with van der Waals surface area (Å²) < 4.78 is 1.76. The highest BCUT2D eigenvalue weighted by Gasteiger charge is 2.20. The van der Waals surface area contributed by atoms with Crippen LogP contribution in [0.2, 0.25) is 0 Å². The zero-order chi connectivity index (χ0) is 9.35. The summed E-state index contributed by atoms with van der Waals surface area (Å²) in [6, 6.07) is 0. The first-order chi connectivity index (χ1) is 5.45. The van der Waals surface area contributed by atoms with Crippen LogP contribution in [0.1, 0.15) is 32.0 Å². The first-order valence-corrected chi connectivity index (χ1v) is 3.96. The van der Waals surface area contributed by atoms with E-state index in [0.717, 1.165) is 11.3 Å². The van der Waals surface area contributed by atoms with E-state index in [1.807, 2.05) is 13.2 Å². The maximum atomic E-state index is 5.36. The van der Waals surface area contributed by atoms with Crippen LogP contribution in [0.4, 0.5) is 0 Å². The summed E-state index contributed by atoms with van der Waals surface area (Å²) in [5.41, 5.74) is 1.92. The largest absolute Gasteiger partial charge is 0.274 e. The number of aromatic nitrogens is 2. The second-order valence-corrected chi connectivity index (χ2v) is 3.96. The predicted molar refractivity (Wildman–Crippen MR) is 49.8 cm³/mol. The van der Waals surface area contributed by atoms with Crippen molar-refractivity contribution < 1.29 is 0 Å². The number of hydrogen-bond acceptors (Lipinski definition) is 1. The number of aryl methyl sites for hydroxylation is 1. The smallest absolute Gasteiger partial charge is 0.0834 e. The van der Waals surface area contributed by atoms with E-state index in [-0.39, 0.29) is 5.41 Å². The minimum absolute atomic E-state index is 0.0307. The Kier molecular flexibility index (Phi) is 1.97. The lowest BCUT2D eigenvalue weighted by Crippen LogP contribution is -2.13. The van der Waals surface area contributed by atoms with E-state index in [4.69, 9.17) is 6.42 Å². The molecular formula is C10H14N2. The van der Waals surface area contributed by atoms with Gasteiger partial charge in [-0.1, -0.05) is 26.7 Å². The van der Waals surface area contributed by atoms with E-state index in [2.05, 4.69) is 31.8 Å². The van der Waals surface area contributed by atoms with Gasteiger partial charge in [-0.05, 0) is 0 Å². The normalized spacial score (nSPS) is 11.2. The maximum absolute atomic E-state index is 5.36. The quantitative estimate of drug-likeness (QED) is 0.531. The molecule has 0 bridgehead atoms. The molecular weight excluding hydrogens is 148 g/mol. The molecule has 0 spiro atoms. The van der Waals surface area contributed by atoms with Crippen molar-refractivity contribution in [3.8, 4) is 12.3 Å². The van der Waals surface area contributed by atoms with Crippen LogP contribution in [-0.4, -0.2) is 9.78 Å². The van der Waals surface area contributed by atoms with E-state index in [9.17, 15) is 0 Å². The van der Waals surface area contributed by atoms with Crippen molar-refractivity contribution in [1.82, 2.24) is 9.78 Å². The Morgan fingerprint density at radius 3 is 2.42 bits per heavy atom. The molecule has 2 nitrogen and oxygen atoms in total. The molecule has 0 aliphatic heterocycles. The molecule has 1 aromatic heterocycles. The molecule has 0 unspecified atom stereocenters. The SMILES string of the molecule is C#Cc1cn(C)nc1C(C)(C)C. The summed E-state index contributed by atoms with van der Waals surface area (Å²) in [5, 5.41) is 4.33. The van der Waals surface area contributed by atoms with Crippen LogP contribution in [-0.2, 0) is 12.5 Å². The molecule has 0 aliphatic carbocycles. The van der Waals surface area contributed by atoms with E-state index >= 15 is 0 Å². The lowest BCUT2D eigenvalue weighted by molar-refractivity contribution is 0.552. The zero-order valence-electron chi connectivity index (χ0n) is 8.05. The fourth-order valence-electron chi connectivity index (χ4n) is 1.15. The maximum Gasteiger partial charge on any atom is 0.0834 e. The summed E-state index contributed by atoms with van der Waals surface area (Å²) >= 11 is 0. The summed E-state index contributed by atoms with van der Waals surface area (Å²) in [7, 11) is 1.88. The average molecular weight is 162 g/mol. The summed E-state index contributed by atoms with van der Waals surface area (Å²) in [6.45, 7) is 6.32. The first kappa shape index (κ1) is 8.86. The summed E-state index contributed by atoms with van der Waals surface area (Å²) in [6.07, 6.45) is 7.23. The predicted octanol–water partition coefficient (Wildman–Crippen LogP) is 1.70. The van der Waals surface area contributed by atoms with Crippen LogP contribution >= 0.6 is 0 Å². The number of nitrogens with zero attached hydrogens (tertiary/aromatic N) is 2. The van der Waals surface area contributed by atoms with Gasteiger partial charge in [-0.2, -0.15) is 5.10 Å². The van der Waals surface area contributed by atoms with Gasteiger partial charge in [0.1, 0.15) is 0 Å². The highest BCUT2D eigenvalue weighted by molar-refractivity contribution is 5.37. The molecule has 0 amide bonds. The fourth-order valence-corrected chi connectivity index (χ4v) is 1.15. The Labute approximate surface area is 73.6 Å². The number of terminal acetylenes is 1. The molecule has 0 saturated heterocycles. The van der Waals surface area contributed by atoms with Crippen LogP contribution in [0.25, 0.3) is 0 Å². The number of hydrogen-bond donors (Lipinski definition) is 0. The third kappa shape index (κ3) is 1.50. The Bertz CT molecular complexity index is 321. The van der Waals surface area contributed by atoms with E-state index in [1.54, 1.807) is 4.68 Å². The standard InChI is InChI=1S/C10H14N2/c1-6-8-7-12(5)11-9(8)10(2,3)4/h1,7H,2-5H3. The molecule has 0 radical (unpaired) electrons. The van der Waals surface area contributed by atoms with Gasteiger partial charge in [0, 0.05) is 18.7 Å². The van der Waals surface area contributed by atoms with Gasteiger partial charge in [-0.15, -0.1) is 6.42 Å². The van der Waals surface area contributed by atoms with Crippen molar-refractivity contribution >= 4 is 0 Å². The van der Waals surface area contributed by atoms with Gasteiger partial charge in [0.2, 0.25) is 0 Å². The van der Waals surface area contributed by atoms with Gasteiger partial charge in [0.15, 0.2) is 0 Å². The highest BCUT2D eigenvalue weighted by atomic mass is 15.3. The van der Waals surface area contributed by atoms with Gasteiger partial charge < -0.3 is 0 Å². The third-order valence-corrected chi connectivity index (χ3v) is 1.69. The van der Waals surface area contributed by atoms with Crippen LogP contribution in [0, 0.1) is 12.3 Å². The van der Waals surface area contributed by atoms with E-state index in [0.29, 0.717) is 0 Å². The van der Waals surface area contributed by atoms with E-state index in [1.165, 1.54) is 0 Å². The zero-order valence-corrected chi connectivity index (χ0v) is 8.05. The van der Waals surface area contributed by atoms with Crippen molar-refractivity contribution in [2.24, 2.45) is 7.05 Å². The summed E-state index contributed by atoms with van der Waals surface area (Å²) in [4.78, 5) is 0. The van der Waals surface area contributed by atoms with Gasteiger partial charge in [0.25, 0.3) is 0 Å². The van der Waals surface area contributed by atoms with Gasteiger partial charge in [-0.25, -0.2) is 0 Å². The second-order valence-electron chi connectivity index (χ2n) is 3.96. The molecule has 2 heteroatoms. The molecule has 1 rings (SSSR count). The molecule has 0 aliphatic rings. The molecule has 0 N–H and O–H groups in total. The highest BCUT2D eigenvalue weighted by Crippen LogP contribution is 2.23. The lowest BCUT2D eigenvalue weighted by atomic mass is 9.90. The van der Waals surface area contributed by atoms with Gasteiger partial charge >= 0.3 is 0 Å². The van der Waals surface area contributed by atoms with Gasteiger partial charge in [0.05, 0.1) is 11.3 Å². The average Bonchev–Trinajstić information content (AvgIpc) is 2.29. The second kappa shape index (κ2) is 2.67. The van der Waals surface area contributed by atoms with Crippen molar-refractivity contribution in [3.63, 3.8) is 0 Å². The minimum atomic E-state index is 0.0307. The molecule has 12 heavy (non-hydrogen) atoms. The molecule has 0 fully saturated rings. The molecule has 64 valence electrons. The van der Waals surface area contributed by atoms with Crippen molar-refractivity contribution in [1.29, 1.82) is 0 Å². The molecule has 1 aromatic rings. The Balaban J connectivity index is 3.25. The molecule has 1 heterocycles. The minimum Gasteiger partial charge on any atom is -0.274 e. The Morgan fingerprint density at radius 1 is 1.50 bits per heavy atom. The van der Waals surface area contributed by atoms with Crippen molar-refractivity contribution in [3.05, 3.63) is 17.5 Å². The van der Waals surface area contributed by atoms with Crippen LogP contribution in [0.3, 0.4) is 0 Å². The lowest BCUT2D eigenvalue weighted by Gasteiger charge is -2.15. The van der Waals surface area contributed by atoms with Crippen LogP contribution < -0.4 is 0 Å². The van der Waals surface area contributed by atoms with E-state index < -0.39 is 0 Å². The van der Waals surface area contributed by atoms with Crippen LogP contribution in [0.15, 0.2) is 6.20 Å². The van der Waals surface area contributed by atoms with Gasteiger partial charge in [-0.3, -0.25) is 4.68 Å². The number of rotatable bonds is 0. The first-order valence-electron chi connectivity index (χ1n) is 3.96.